The summed E-state index contributed by atoms with van der Waals surface area (Å²) in [5, 5.41) is 12.5. The Morgan fingerprint density at radius 3 is 2.50 bits per heavy atom. The number of aromatic nitrogens is 1. The summed E-state index contributed by atoms with van der Waals surface area (Å²) in [6.07, 6.45) is 1.64. The fraction of sp³-hybridized carbons (Fsp3) is 0.133. The first-order chi connectivity index (χ1) is 9.50. The molecule has 1 heterocycles. The molecule has 20 heavy (non-hydrogen) atoms. The molecule has 0 aliphatic heterocycles. The number of para-hydroxylation sites is 1. The van der Waals surface area contributed by atoms with Gasteiger partial charge in [0.25, 0.3) is 5.91 Å². The van der Waals surface area contributed by atoms with Gasteiger partial charge < -0.3 is 10.4 Å². The molecule has 2 rings (SSSR count). The first-order valence-electron chi connectivity index (χ1n) is 6.06. The Morgan fingerprint density at radius 1 is 1.10 bits per heavy atom. The monoisotopic (exact) mass is 270 g/mol. The minimum Gasteiger partial charge on any atom is -0.478 e. The highest BCUT2D eigenvalue weighted by molar-refractivity contribution is 6.10. The highest BCUT2D eigenvalue weighted by Gasteiger charge is 2.13. The van der Waals surface area contributed by atoms with Crippen LogP contribution in [0.15, 0.2) is 47.7 Å². The smallest absolute Gasteiger partial charge is 0.331 e. The largest absolute Gasteiger partial charge is 0.478 e. The number of nitrogens with zero attached hydrogens (tertiary/aromatic N) is 1. The fourth-order valence-electron chi connectivity index (χ4n) is 1.75. The molecule has 0 aliphatic carbocycles. The first-order valence-corrected chi connectivity index (χ1v) is 6.06. The van der Waals surface area contributed by atoms with Crippen LogP contribution in [0.2, 0.25) is 0 Å². The van der Waals surface area contributed by atoms with Crippen molar-refractivity contribution in [3.8, 4) is 0 Å². The Morgan fingerprint density at radius 2 is 1.80 bits per heavy atom. The summed E-state index contributed by atoms with van der Waals surface area (Å²) in [5.74, 6) is -1.54. The van der Waals surface area contributed by atoms with Crippen molar-refractivity contribution >= 4 is 28.5 Å². The summed E-state index contributed by atoms with van der Waals surface area (Å²) in [5.41, 5.74) is 1.43. The highest BCUT2D eigenvalue weighted by Crippen LogP contribution is 2.21. The number of hydrogen-bond donors (Lipinski definition) is 2. The number of rotatable bonds is 3. The van der Waals surface area contributed by atoms with Crippen LogP contribution in [-0.4, -0.2) is 22.0 Å². The molecule has 0 bridgehead atoms. The molecule has 5 heteroatoms. The van der Waals surface area contributed by atoms with E-state index in [0.29, 0.717) is 11.2 Å². The molecule has 0 fully saturated rings. The number of pyridine rings is 1. The normalized spacial score (nSPS) is 11.9. The van der Waals surface area contributed by atoms with Crippen molar-refractivity contribution in [1.82, 2.24) is 4.98 Å². The molecule has 1 amide bonds. The Balaban J connectivity index is 2.36. The Kier molecular flexibility index (Phi) is 3.79. The third kappa shape index (κ3) is 2.66. The van der Waals surface area contributed by atoms with Crippen molar-refractivity contribution in [2.45, 2.75) is 13.8 Å². The summed E-state index contributed by atoms with van der Waals surface area (Å²) >= 11 is 0. The van der Waals surface area contributed by atoms with Crippen LogP contribution in [0.1, 0.15) is 13.8 Å². The van der Waals surface area contributed by atoms with Crippen molar-refractivity contribution in [1.29, 1.82) is 0 Å². The van der Waals surface area contributed by atoms with Crippen LogP contribution in [0, 0.1) is 0 Å². The number of carboxylic acid groups (broad SMARTS) is 1. The Hall–Kier alpha value is -2.69. The van der Waals surface area contributed by atoms with Crippen molar-refractivity contribution < 1.29 is 14.7 Å². The summed E-state index contributed by atoms with van der Waals surface area (Å²) < 4.78 is 0. The van der Waals surface area contributed by atoms with Crippen LogP contribution in [0.3, 0.4) is 0 Å². The van der Waals surface area contributed by atoms with Gasteiger partial charge in [0.05, 0.1) is 11.2 Å². The number of aliphatic carboxylic acids is 1. The molecule has 0 atom stereocenters. The van der Waals surface area contributed by atoms with Gasteiger partial charge in [-0.05, 0) is 26.0 Å². The lowest BCUT2D eigenvalue weighted by molar-refractivity contribution is -0.133. The van der Waals surface area contributed by atoms with Crippen LogP contribution in [0.4, 0.5) is 5.69 Å². The number of anilines is 1. The van der Waals surface area contributed by atoms with Gasteiger partial charge in [-0.3, -0.25) is 9.78 Å². The Bertz CT molecular complexity index is 715. The van der Waals surface area contributed by atoms with Gasteiger partial charge in [0.1, 0.15) is 0 Å². The van der Waals surface area contributed by atoms with E-state index in [1.54, 1.807) is 12.3 Å². The molecule has 5 nitrogen and oxygen atoms in total. The zero-order chi connectivity index (χ0) is 14.7. The van der Waals surface area contributed by atoms with Gasteiger partial charge in [-0.15, -0.1) is 0 Å². The summed E-state index contributed by atoms with van der Waals surface area (Å²) in [4.78, 5) is 27.1. The minimum atomic E-state index is -1.10. The second-order valence-electron chi connectivity index (χ2n) is 4.39. The van der Waals surface area contributed by atoms with E-state index in [2.05, 4.69) is 10.3 Å². The highest BCUT2D eigenvalue weighted by atomic mass is 16.4. The van der Waals surface area contributed by atoms with Gasteiger partial charge in [-0.1, -0.05) is 18.2 Å². The number of amides is 1. The van der Waals surface area contributed by atoms with Crippen LogP contribution in [0.25, 0.3) is 10.9 Å². The molecular weight excluding hydrogens is 256 g/mol. The SMILES string of the molecule is CC(C(=O)O)=C(C)C(=O)Nc1cccc2cccnc12. The lowest BCUT2D eigenvalue weighted by Gasteiger charge is -2.09. The molecule has 0 saturated heterocycles. The molecule has 0 unspecified atom stereocenters. The van der Waals surface area contributed by atoms with Gasteiger partial charge in [0, 0.05) is 22.7 Å². The predicted octanol–water partition coefficient (Wildman–Crippen LogP) is 2.59. The van der Waals surface area contributed by atoms with Crippen molar-refractivity contribution in [3.05, 3.63) is 47.7 Å². The lowest BCUT2D eigenvalue weighted by atomic mass is 10.1. The third-order valence-corrected chi connectivity index (χ3v) is 3.10. The maximum absolute atomic E-state index is 12.0. The van der Waals surface area contributed by atoms with E-state index >= 15 is 0 Å². The molecule has 102 valence electrons. The molecular formula is C15H14N2O3. The molecule has 2 aromatic rings. The van der Waals surface area contributed by atoms with Crippen molar-refractivity contribution in [3.63, 3.8) is 0 Å². The third-order valence-electron chi connectivity index (χ3n) is 3.10. The van der Waals surface area contributed by atoms with E-state index in [9.17, 15) is 9.59 Å². The van der Waals surface area contributed by atoms with E-state index in [1.807, 2.05) is 24.3 Å². The molecule has 2 N–H and O–H groups in total. The van der Waals surface area contributed by atoms with Crippen LogP contribution in [-0.2, 0) is 9.59 Å². The van der Waals surface area contributed by atoms with Gasteiger partial charge in [-0.2, -0.15) is 0 Å². The fourth-order valence-corrected chi connectivity index (χ4v) is 1.75. The second kappa shape index (κ2) is 5.52. The lowest BCUT2D eigenvalue weighted by Crippen LogP contribution is -2.16. The first kappa shape index (κ1) is 13.7. The average molecular weight is 270 g/mol. The Labute approximate surface area is 115 Å². The molecule has 1 aromatic heterocycles. The van der Waals surface area contributed by atoms with Crippen molar-refractivity contribution in [2.75, 3.05) is 5.32 Å². The summed E-state index contributed by atoms with van der Waals surface area (Å²) in [6, 6.07) is 9.14. The van der Waals surface area contributed by atoms with Gasteiger partial charge >= 0.3 is 5.97 Å². The van der Waals surface area contributed by atoms with Gasteiger partial charge in [0.15, 0.2) is 0 Å². The number of nitrogens with one attached hydrogen (secondary N) is 1. The van der Waals surface area contributed by atoms with E-state index in [4.69, 9.17) is 5.11 Å². The van der Waals surface area contributed by atoms with E-state index in [1.165, 1.54) is 13.8 Å². The van der Waals surface area contributed by atoms with Crippen LogP contribution < -0.4 is 5.32 Å². The topological polar surface area (TPSA) is 79.3 Å². The van der Waals surface area contributed by atoms with Gasteiger partial charge in [0.2, 0.25) is 0 Å². The molecule has 0 spiro atoms. The zero-order valence-corrected chi connectivity index (χ0v) is 11.2. The van der Waals surface area contributed by atoms with E-state index < -0.39 is 11.9 Å². The number of carbonyl (C=O) groups excluding carboxylic acids is 1. The standard InChI is InChI=1S/C15H14N2O3/c1-9(10(2)15(19)20)14(18)17-12-7-3-5-11-6-4-8-16-13(11)12/h3-8H,1-2H3,(H,17,18)(H,19,20). The van der Waals surface area contributed by atoms with Gasteiger partial charge in [-0.25, -0.2) is 4.79 Å². The number of fused-ring (bicyclic) bond motifs is 1. The van der Waals surface area contributed by atoms with Crippen LogP contribution >= 0.6 is 0 Å². The molecule has 0 radical (unpaired) electrons. The maximum atomic E-state index is 12.0. The van der Waals surface area contributed by atoms with Crippen molar-refractivity contribution in [2.24, 2.45) is 0 Å². The number of benzene rings is 1. The number of hydrogen-bond acceptors (Lipinski definition) is 3. The minimum absolute atomic E-state index is 0.0238. The summed E-state index contributed by atoms with van der Waals surface area (Å²) in [7, 11) is 0. The zero-order valence-electron chi connectivity index (χ0n) is 11.2. The second-order valence-corrected chi connectivity index (χ2v) is 4.39. The van der Waals surface area contributed by atoms with Crippen LogP contribution in [0.5, 0.6) is 0 Å². The molecule has 0 aliphatic rings. The molecule has 1 aromatic carbocycles. The summed E-state index contributed by atoms with van der Waals surface area (Å²) in [6.45, 7) is 2.88. The average Bonchev–Trinajstić information content (AvgIpc) is 2.46. The number of carboxylic acids is 1. The molecule has 0 saturated carbocycles. The van der Waals surface area contributed by atoms with E-state index in [-0.39, 0.29) is 11.1 Å². The number of carbonyl (C=O) groups is 2. The maximum Gasteiger partial charge on any atom is 0.331 e. The quantitative estimate of drug-likeness (QED) is 0.840. The predicted molar refractivity (Wildman–Crippen MR) is 76.4 cm³/mol. The van der Waals surface area contributed by atoms with E-state index in [0.717, 1.165) is 5.39 Å².